The van der Waals surface area contributed by atoms with Gasteiger partial charge in [0.15, 0.2) is 0 Å². The standard InChI is InChI=1S/C15H10ClN/c1-11(14-6-8-15(16)9-7-14)13-4-2-12(10-17)3-5-13/h2-9H,1H2. The normalized spacial score (nSPS) is 9.65. The molecule has 0 heterocycles. The third kappa shape index (κ3) is 2.55. The van der Waals surface area contributed by atoms with E-state index >= 15 is 0 Å². The van der Waals surface area contributed by atoms with Gasteiger partial charge < -0.3 is 0 Å². The van der Waals surface area contributed by atoms with E-state index in [9.17, 15) is 0 Å². The molecule has 0 radical (unpaired) electrons. The van der Waals surface area contributed by atoms with Crippen LogP contribution in [0, 0.1) is 11.3 Å². The monoisotopic (exact) mass is 239 g/mol. The Morgan fingerprint density at radius 1 is 0.941 bits per heavy atom. The molecule has 2 heteroatoms. The van der Waals surface area contributed by atoms with Crippen LogP contribution in [0.5, 0.6) is 0 Å². The van der Waals surface area contributed by atoms with Gasteiger partial charge in [-0.05, 0) is 41.0 Å². The van der Waals surface area contributed by atoms with Crippen LogP contribution in [-0.4, -0.2) is 0 Å². The molecule has 0 saturated carbocycles. The summed E-state index contributed by atoms with van der Waals surface area (Å²) in [5, 5.41) is 9.44. The maximum absolute atomic E-state index is 8.73. The van der Waals surface area contributed by atoms with Crippen LogP contribution in [0.3, 0.4) is 0 Å². The average molecular weight is 240 g/mol. The highest BCUT2D eigenvalue weighted by molar-refractivity contribution is 6.30. The molecule has 0 saturated heterocycles. The Kier molecular flexibility index (Phi) is 3.27. The molecule has 0 aliphatic rings. The van der Waals surface area contributed by atoms with Gasteiger partial charge in [-0.15, -0.1) is 0 Å². The number of halogens is 1. The van der Waals surface area contributed by atoms with Crippen molar-refractivity contribution in [3.05, 3.63) is 76.8 Å². The van der Waals surface area contributed by atoms with Gasteiger partial charge in [0.2, 0.25) is 0 Å². The maximum Gasteiger partial charge on any atom is 0.0991 e. The molecule has 0 unspecified atom stereocenters. The average Bonchev–Trinajstić information content (AvgIpc) is 2.39. The van der Waals surface area contributed by atoms with Crippen LogP contribution in [0.15, 0.2) is 55.1 Å². The minimum Gasteiger partial charge on any atom is -0.192 e. The zero-order valence-corrected chi connectivity index (χ0v) is 9.91. The maximum atomic E-state index is 8.73. The Morgan fingerprint density at radius 2 is 1.41 bits per heavy atom. The van der Waals surface area contributed by atoms with Crippen LogP contribution in [0.1, 0.15) is 16.7 Å². The third-order valence-electron chi connectivity index (χ3n) is 2.56. The Bertz CT molecular complexity index is 574. The van der Waals surface area contributed by atoms with E-state index in [4.69, 9.17) is 16.9 Å². The smallest absolute Gasteiger partial charge is 0.0991 e. The van der Waals surface area contributed by atoms with E-state index in [1.54, 1.807) is 12.1 Å². The summed E-state index contributed by atoms with van der Waals surface area (Å²) in [4.78, 5) is 0. The minimum absolute atomic E-state index is 0.651. The molecule has 17 heavy (non-hydrogen) atoms. The minimum atomic E-state index is 0.651. The molecule has 0 aliphatic carbocycles. The molecule has 0 fully saturated rings. The van der Waals surface area contributed by atoms with Crippen molar-refractivity contribution in [1.29, 1.82) is 5.26 Å². The second-order valence-corrected chi connectivity index (χ2v) is 4.11. The van der Waals surface area contributed by atoms with Crippen molar-refractivity contribution >= 4 is 17.2 Å². The zero-order valence-electron chi connectivity index (χ0n) is 9.15. The summed E-state index contributed by atoms with van der Waals surface area (Å²) in [6.07, 6.45) is 0. The zero-order chi connectivity index (χ0) is 12.3. The van der Waals surface area contributed by atoms with Gasteiger partial charge in [0.05, 0.1) is 11.6 Å². The first-order valence-corrected chi connectivity index (χ1v) is 5.54. The number of rotatable bonds is 2. The number of nitrogens with zero attached hydrogens (tertiary/aromatic N) is 1. The summed E-state index contributed by atoms with van der Waals surface area (Å²) >= 11 is 5.84. The van der Waals surface area contributed by atoms with Gasteiger partial charge in [0, 0.05) is 5.02 Å². The first kappa shape index (κ1) is 11.4. The van der Waals surface area contributed by atoms with E-state index < -0.39 is 0 Å². The van der Waals surface area contributed by atoms with E-state index in [1.165, 1.54) is 0 Å². The molecule has 82 valence electrons. The molecule has 0 aliphatic heterocycles. The van der Waals surface area contributed by atoms with Gasteiger partial charge in [0.1, 0.15) is 0 Å². The summed E-state index contributed by atoms with van der Waals surface area (Å²) in [6.45, 7) is 4.05. The van der Waals surface area contributed by atoms with Crippen LogP contribution in [0.2, 0.25) is 5.02 Å². The van der Waals surface area contributed by atoms with E-state index in [1.807, 2.05) is 36.4 Å². The van der Waals surface area contributed by atoms with Crippen molar-refractivity contribution < 1.29 is 0 Å². The lowest BCUT2D eigenvalue weighted by Crippen LogP contribution is -1.86. The van der Waals surface area contributed by atoms with Crippen molar-refractivity contribution in [2.75, 3.05) is 0 Å². The second kappa shape index (κ2) is 4.86. The number of hydrogen-bond donors (Lipinski definition) is 0. The SMILES string of the molecule is C=C(c1ccc(Cl)cc1)c1ccc(C#N)cc1. The highest BCUT2D eigenvalue weighted by Crippen LogP contribution is 2.23. The number of nitriles is 1. The molecule has 2 aromatic carbocycles. The van der Waals surface area contributed by atoms with E-state index in [-0.39, 0.29) is 0 Å². The van der Waals surface area contributed by atoms with Crippen LogP contribution < -0.4 is 0 Å². The highest BCUT2D eigenvalue weighted by Gasteiger charge is 2.02. The van der Waals surface area contributed by atoms with E-state index in [0.29, 0.717) is 10.6 Å². The van der Waals surface area contributed by atoms with Gasteiger partial charge in [-0.3, -0.25) is 0 Å². The summed E-state index contributed by atoms with van der Waals surface area (Å²) in [5.74, 6) is 0. The Hall–Kier alpha value is -2.04. The molecule has 2 rings (SSSR count). The fraction of sp³-hybridized carbons (Fsp3) is 0. The molecule has 0 aromatic heterocycles. The summed E-state index contributed by atoms with van der Waals surface area (Å²) in [6, 6.07) is 17.0. The molecule has 0 N–H and O–H groups in total. The van der Waals surface area contributed by atoms with Crippen molar-refractivity contribution in [2.24, 2.45) is 0 Å². The highest BCUT2D eigenvalue weighted by atomic mass is 35.5. The molecule has 0 bridgehead atoms. The van der Waals surface area contributed by atoms with Crippen molar-refractivity contribution in [3.63, 3.8) is 0 Å². The third-order valence-corrected chi connectivity index (χ3v) is 2.81. The molecular weight excluding hydrogens is 230 g/mol. The largest absolute Gasteiger partial charge is 0.192 e. The summed E-state index contributed by atoms with van der Waals surface area (Å²) < 4.78 is 0. The molecule has 0 spiro atoms. The van der Waals surface area contributed by atoms with Gasteiger partial charge in [0.25, 0.3) is 0 Å². The van der Waals surface area contributed by atoms with Crippen molar-refractivity contribution in [2.45, 2.75) is 0 Å². The van der Waals surface area contributed by atoms with Crippen molar-refractivity contribution in [1.82, 2.24) is 0 Å². The topological polar surface area (TPSA) is 23.8 Å². The summed E-state index contributed by atoms with van der Waals surface area (Å²) in [7, 11) is 0. The Balaban J connectivity index is 2.31. The van der Waals surface area contributed by atoms with Crippen molar-refractivity contribution in [3.8, 4) is 6.07 Å². The fourth-order valence-corrected chi connectivity index (χ4v) is 1.69. The van der Waals surface area contributed by atoms with Crippen LogP contribution in [0.25, 0.3) is 5.57 Å². The molecule has 1 nitrogen and oxygen atoms in total. The molecule has 0 atom stereocenters. The lowest BCUT2D eigenvalue weighted by atomic mass is 9.99. The number of hydrogen-bond acceptors (Lipinski definition) is 1. The first-order valence-electron chi connectivity index (χ1n) is 5.16. The Morgan fingerprint density at radius 3 is 1.88 bits per heavy atom. The molecule has 0 amide bonds. The Labute approximate surface area is 106 Å². The summed E-state index contributed by atoms with van der Waals surface area (Å²) in [5.41, 5.74) is 3.61. The van der Waals surface area contributed by atoms with E-state index in [0.717, 1.165) is 16.7 Å². The second-order valence-electron chi connectivity index (χ2n) is 3.67. The van der Waals surface area contributed by atoms with Gasteiger partial charge in [-0.2, -0.15) is 5.26 Å². The lowest BCUT2D eigenvalue weighted by Gasteiger charge is -2.06. The predicted molar refractivity (Wildman–Crippen MR) is 70.7 cm³/mol. The van der Waals surface area contributed by atoms with Gasteiger partial charge in [-0.1, -0.05) is 42.4 Å². The van der Waals surface area contributed by atoms with Gasteiger partial charge >= 0.3 is 0 Å². The molecular formula is C15H10ClN. The fourth-order valence-electron chi connectivity index (χ4n) is 1.56. The lowest BCUT2D eigenvalue weighted by molar-refractivity contribution is 1.47. The van der Waals surface area contributed by atoms with Crippen LogP contribution in [-0.2, 0) is 0 Å². The van der Waals surface area contributed by atoms with E-state index in [2.05, 4.69) is 12.6 Å². The predicted octanol–water partition coefficient (Wildman–Crippen LogP) is 4.27. The first-order chi connectivity index (χ1) is 8.20. The number of benzene rings is 2. The van der Waals surface area contributed by atoms with Gasteiger partial charge in [-0.25, -0.2) is 0 Å². The quantitative estimate of drug-likeness (QED) is 0.768. The van der Waals surface area contributed by atoms with Crippen LogP contribution in [0.4, 0.5) is 0 Å². The van der Waals surface area contributed by atoms with Crippen LogP contribution >= 0.6 is 11.6 Å². The molecule has 2 aromatic rings.